The van der Waals surface area contributed by atoms with Gasteiger partial charge in [-0.25, -0.2) is 0 Å². The summed E-state index contributed by atoms with van der Waals surface area (Å²) in [5.41, 5.74) is 1.25. The van der Waals surface area contributed by atoms with Gasteiger partial charge in [0.2, 0.25) is 0 Å². The Balaban J connectivity index is 2.31. The Morgan fingerprint density at radius 2 is 2.45 bits per heavy atom. The van der Waals surface area contributed by atoms with Gasteiger partial charge in [-0.3, -0.25) is 4.79 Å². The third kappa shape index (κ3) is 1.18. The van der Waals surface area contributed by atoms with Crippen molar-refractivity contribution >= 4 is 5.78 Å². The highest BCUT2D eigenvalue weighted by molar-refractivity contribution is 5.93. The highest BCUT2D eigenvalue weighted by Gasteiger charge is 2.18. The summed E-state index contributed by atoms with van der Waals surface area (Å²) >= 11 is 0. The van der Waals surface area contributed by atoms with E-state index in [2.05, 4.69) is 6.08 Å². The fraction of sp³-hybridized carbons (Fsp3) is 0.300. The lowest BCUT2D eigenvalue weighted by atomic mass is 9.84. The molecule has 2 aliphatic carbocycles. The van der Waals surface area contributed by atoms with Crippen LogP contribution in [-0.2, 0) is 4.79 Å². The number of carbonyl (C=O) groups excluding carboxylic acids is 1. The van der Waals surface area contributed by atoms with Gasteiger partial charge in [-0.2, -0.15) is 0 Å². The second-order valence-electron chi connectivity index (χ2n) is 2.93. The SMILES string of the molecule is O=C1C=CC2C[C]=CC=C2C1. The number of allylic oxidation sites excluding steroid dienone is 6. The van der Waals surface area contributed by atoms with Crippen LogP contribution in [0.1, 0.15) is 12.8 Å². The average molecular weight is 145 g/mol. The number of fused-ring (bicyclic) bond motifs is 1. The molecule has 0 fully saturated rings. The molecule has 0 aliphatic heterocycles. The van der Waals surface area contributed by atoms with Gasteiger partial charge in [0.05, 0.1) is 0 Å². The van der Waals surface area contributed by atoms with Crippen molar-refractivity contribution in [2.24, 2.45) is 5.92 Å². The molecule has 1 radical (unpaired) electrons. The Bertz CT molecular complexity index is 269. The van der Waals surface area contributed by atoms with Crippen LogP contribution in [0.5, 0.6) is 0 Å². The fourth-order valence-electron chi connectivity index (χ4n) is 1.48. The Morgan fingerprint density at radius 3 is 3.36 bits per heavy atom. The van der Waals surface area contributed by atoms with E-state index in [0.717, 1.165) is 6.42 Å². The summed E-state index contributed by atoms with van der Waals surface area (Å²) in [7, 11) is 0. The molecule has 0 heterocycles. The van der Waals surface area contributed by atoms with Gasteiger partial charge in [0.15, 0.2) is 5.78 Å². The molecule has 0 spiro atoms. The molecule has 2 aliphatic rings. The molecule has 55 valence electrons. The van der Waals surface area contributed by atoms with Crippen molar-refractivity contribution in [1.82, 2.24) is 0 Å². The predicted molar refractivity (Wildman–Crippen MR) is 42.8 cm³/mol. The van der Waals surface area contributed by atoms with Crippen LogP contribution in [0.25, 0.3) is 0 Å². The number of carbonyl (C=O) groups is 1. The molecule has 1 heteroatoms. The van der Waals surface area contributed by atoms with Crippen LogP contribution in [0.3, 0.4) is 0 Å². The van der Waals surface area contributed by atoms with E-state index in [-0.39, 0.29) is 5.78 Å². The number of hydrogen-bond donors (Lipinski definition) is 0. The topological polar surface area (TPSA) is 17.1 Å². The predicted octanol–water partition coefficient (Wildman–Crippen LogP) is 1.82. The lowest BCUT2D eigenvalue weighted by molar-refractivity contribution is -0.114. The third-order valence-electron chi connectivity index (χ3n) is 2.12. The van der Waals surface area contributed by atoms with Crippen molar-refractivity contribution in [2.75, 3.05) is 0 Å². The molecule has 0 saturated heterocycles. The molecule has 2 rings (SSSR count). The van der Waals surface area contributed by atoms with Gasteiger partial charge in [-0.05, 0) is 18.6 Å². The first kappa shape index (κ1) is 6.59. The van der Waals surface area contributed by atoms with Crippen LogP contribution in [0.4, 0.5) is 0 Å². The molecule has 0 aromatic carbocycles. The van der Waals surface area contributed by atoms with E-state index in [9.17, 15) is 4.79 Å². The molecule has 0 bridgehead atoms. The van der Waals surface area contributed by atoms with Gasteiger partial charge >= 0.3 is 0 Å². The summed E-state index contributed by atoms with van der Waals surface area (Å²) in [6, 6.07) is 0. The van der Waals surface area contributed by atoms with E-state index in [4.69, 9.17) is 0 Å². The molecule has 1 unspecified atom stereocenters. The minimum atomic E-state index is 0.225. The quantitative estimate of drug-likeness (QED) is 0.508. The molecule has 0 aromatic heterocycles. The van der Waals surface area contributed by atoms with E-state index in [1.54, 1.807) is 6.08 Å². The van der Waals surface area contributed by atoms with E-state index in [1.807, 2.05) is 18.2 Å². The second-order valence-corrected chi connectivity index (χ2v) is 2.93. The fourth-order valence-corrected chi connectivity index (χ4v) is 1.48. The lowest BCUT2D eigenvalue weighted by Crippen LogP contribution is -2.12. The zero-order chi connectivity index (χ0) is 7.68. The van der Waals surface area contributed by atoms with E-state index >= 15 is 0 Å². The van der Waals surface area contributed by atoms with Crippen molar-refractivity contribution in [2.45, 2.75) is 12.8 Å². The minimum Gasteiger partial charge on any atom is -0.295 e. The highest BCUT2D eigenvalue weighted by atomic mass is 16.1. The number of hydrogen-bond acceptors (Lipinski definition) is 1. The van der Waals surface area contributed by atoms with E-state index in [1.165, 1.54) is 5.57 Å². The zero-order valence-corrected chi connectivity index (χ0v) is 6.21. The van der Waals surface area contributed by atoms with E-state index < -0.39 is 0 Å². The molecule has 0 aromatic rings. The third-order valence-corrected chi connectivity index (χ3v) is 2.12. The Morgan fingerprint density at radius 1 is 1.55 bits per heavy atom. The molecule has 1 atom stereocenters. The van der Waals surface area contributed by atoms with Gasteiger partial charge in [0, 0.05) is 12.3 Å². The molecule has 0 saturated carbocycles. The van der Waals surface area contributed by atoms with Crippen molar-refractivity contribution in [3.63, 3.8) is 0 Å². The maximum Gasteiger partial charge on any atom is 0.159 e. The van der Waals surface area contributed by atoms with Crippen molar-refractivity contribution in [3.8, 4) is 0 Å². The summed E-state index contributed by atoms with van der Waals surface area (Å²) in [4.78, 5) is 11.0. The molecule has 0 amide bonds. The summed E-state index contributed by atoms with van der Waals surface area (Å²) in [6.07, 6.45) is 12.3. The monoisotopic (exact) mass is 145 g/mol. The largest absolute Gasteiger partial charge is 0.295 e. The zero-order valence-electron chi connectivity index (χ0n) is 6.21. The number of ketones is 1. The Labute approximate surface area is 66.1 Å². The van der Waals surface area contributed by atoms with E-state index in [0.29, 0.717) is 12.3 Å². The first-order valence-electron chi connectivity index (χ1n) is 3.83. The van der Waals surface area contributed by atoms with Crippen molar-refractivity contribution in [1.29, 1.82) is 0 Å². The molecule has 0 N–H and O–H groups in total. The first-order chi connectivity index (χ1) is 5.36. The summed E-state index contributed by atoms with van der Waals surface area (Å²) in [5, 5.41) is 0. The Hall–Kier alpha value is -1.11. The molecular weight excluding hydrogens is 136 g/mol. The highest BCUT2D eigenvalue weighted by Crippen LogP contribution is 2.27. The first-order valence-corrected chi connectivity index (χ1v) is 3.83. The maximum absolute atomic E-state index is 11.0. The summed E-state index contributed by atoms with van der Waals surface area (Å²) < 4.78 is 0. The smallest absolute Gasteiger partial charge is 0.159 e. The summed E-state index contributed by atoms with van der Waals surface area (Å²) in [6.45, 7) is 0. The Kier molecular flexibility index (Phi) is 1.50. The standard InChI is InChI=1S/C10H9O/c11-10-6-5-8-3-1-2-4-9(8)7-10/h2,4-6,8H,3,7H2. The van der Waals surface area contributed by atoms with Crippen LogP contribution >= 0.6 is 0 Å². The average Bonchev–Trinajstić information content (AvgIpc) is 2.04. The second kappa shape index (κ2) is 2.50. The van der Waals surface area contributed by atoms with Crippen LogP contribution in [0, 0.1) is 12.0 Å². The summed E-state index contributed by atoms with van der Waals surface area (Å²) in [5.74, 6) is 0.681. The van der Waals surface area contributed by atoms with Crippen LogP contribution in [0.15, 0.2) is 29.9 Å². The normalized spacial score (nSPS) is 28.2. The minimum absolute atomic E-state index is 0.225. The maximum atomic E-state index is 11.0. The number of rotatable bonds is 0. The van der Waals surface area contributed by atoms with Gasteiger partial charge < -0.3 is 0 Å². The van der Waals surface area contributed by atoms with Crippen molar-refractivity contribution in [3.05, 3.63) is 36.0 Å². The van der Waals surface area contributed by atoms with Crippen LogP contribution in [0.2, 0.25) is 0 Å². The van der Waals surface area contributed by atoms with Crippen LogP contribution in [-0.4, -0.2) is 5.78 Å². The molecule has 1 nitrogen and oxygen atoms in total. The lowest BCUT2D eigenvalue weighted by Gasteiger charge is -2.20. The van der Waals surface area contributed by atoms with Crippen molar-refractivity contribution < 1.29 is 4.79 Å². The van der Waals surface area contributed by atoms with Gasteiger partial charge in [-0.15, -0.1) is 0 Å². The van der Waals surface area contributed by atoms with Gasteiger partial charge in [-0.1, -0.05) is 23.8 Å². The van der Waals surface area contributed by atoms with Gasteiger partial charge in [0.25, 0.3) is 0 Å². The molecule has 11 heavy (non-hydrogen) atoms. The van der Waals surface area contributed by atoms with Gasteiger partial charge in [0.1, 0.15) is 0 Å². The molecular formula is C10H9O. The van der Waals surface area contributed by atoms with Crippen LogP contribution < -0.4 is 0 Å².